The number of rotatable bonds is 6. The van der Waals surface area contributed by atoms with Crippen molar-refractivity contribution in [1.29, 1.82) is 0 Å². The minimum absolute atomic E-state index is 0.245. The molecule has 1 aromatic heterocycles. The Kier molecular flexibility index (Phi) is 5.54. The Balaban J connectivity index is 2.27. The molecule has 0 amide bonds. The zero-order chi connectivity index (χ0) is 15.5. The van der Waals surface area contributed by atoms with Crippen molar-refractivity contribution < 1.29 is 13.2 Å². The van der Waals surface area contributed by atoms with E-state index in [9.17, 15) is 8.42 Å². The van der Waals surface area contributed by atoms with Crippen LogP contribution >= 0.6 is 38.9 Å². The van der Waals surface area contributed by atoms with E-state index in [0.717, 1.165) is 20.7 Å². The summed E-state index contributed by atoms with van der Waals surface area (Å²) in [6, 6.07) is 8.29. The van der Waals surface area contributed by atoms with Crippen molar-refractivity contribution in [3.8, 4) is 5.75 Å². The van der Waals surface area contributed by atoms with Crippen LogP contribution < -0.4 is 9.46 Å². The molecule has 0 aliphatic carbocycles. The van der Waals surface area contributed by atoms with E-state index in [1.807, 2.05) is 6.92 Å². The number of thiophene rings is 1. The van der Waals surface area contributed by atoms with Gasteiger partial charge in [-0.2, -0.15) is 0 Å². The van der Waals surface area contributed by atoms with Crippen molar-refractivity contribution >= 4 is 54.6 Å². The Labute approximate surface area is 141 Å². The third kappa shape index (κ3) is 4.12. The van der Waals surface area contributed by atoms with Crippen LogP contribution in [-0.4, -0.2) is 15.0 Å². The lowest BCUT2D eigenvalue weighted by Gasteiger charge is -2.11. The second-order valence-electron chi connectivity index (χ2n) is 4.05. The Morgan fingerprint density at radius 2 is 2.10 bits per heavy atom. The van der Waals surface area contributed by atoms with Gasteiger partial charge in [-0.05, 0) is 53.2 Å². The Hall–Kier alpha value is -0.760. The third-order valence-corrected chi connectivity index (χ3v) is 6.35. The fraction of sp³-hybridized carbons (Fsp3) is 0.231. The molecule has 0 aliphatic rings. The molecule has 21 heavy (non-hydrogen) atoms. The van der Waals surface area contributed by atoms with Crippen molar-refractivity contribution in [3.63, 3.8) is 0 Å². The van der Waals surface area contributed by atoms with Crippen LogP contribution in [0.3, 0.4) is 0 Å². The maximum atomic E-state index is 12.2. The smallest absolute Gasteiger partial charge is 0.271 e. The van der Waals surface area contributed by atoms with Crippen LogP contribution in [-0.2, 0) is 15.9 Å². The van der Waals surface area contributed by atoms with Gasteiger partial charge in [0, 0.05) is 11.3 Å². The van der Waals surface area contributed by atoms with Crippen molar-refractivity contribution in [3.05, 3.63) is 39.7 Å². The molecule has 8 heteroatoms. The first kappa shape index (κ1) is 16.6. The van der Waals surface area contributed by atoms with Gasteiger partial charge in [0.25, 0.3) is 10.0 Å². The van der Waals surface area contributed by atoms with Gasteiger partial charge in [0.2, 0.25) is 0 Å². The molecule has 0 spiro atoms. The number of alkyl halides is 1. The molecule has 4 nitrogen and oxygen atoms in total. The molecule has 0 aliphatic heterocycles. The number of hydrogen-bond acceptors (Lipinski definition) is 4. The molecule has 0 fully saturated rings. The summed E-state index contributed by atoms with van der Waals surface area (Å²) in [5, 5.41) is 0. The highest BCUT2D eigenvalue weighted by atomic mass is 79.9. The maximum absolute atomic E-state index is 12.2. The van der Waals surface area contributed by atoms with Crippen molar-refractivity contribution in [2.75, 3.05) is 11.3 Å². The molecule has 2 rings (SSSR count). The highest BCUT2D eigenvalue weighted by molar-refractivity contribution is 9.11. The van der Waals surface area contributed by atoms with Gasteiger partial charge in [-0.15, -0.1) is 22.9 Å². The van der Waals surface area contributed by atoms with Crippen LogP contribution in [0.25, 0.3) is 0 Å². The van der Waals surface area contributed by atoms with Gasteiger partial charge in [-0.3, -0.25) is 4.72 Å². The quantitative estimate of drug-likeness (QED) is 0.716. The van der Waals surface area contributed by atoms with Gasteiger partial charge in [-0.1, -0.05) is 0 Å². The molecule has 1 N–H and O–H groups in total. The minimum atomic E-state index is -3.59. The molecule has 0 atom stereocenters. The summed E-state index contributed by atoms with van der Waals surface area (Å²) in [5.41, 5.74) is 1.20. The summed E-state index contributed by atoms with van der Waals surface area (Å²) in [7, 11) is -3.59. The maximum Gasteiger partial charge on any atom is 0.271 e. The van der Waals surface area contributed by atoms with E-state index < -0.39 is 10.0 Å². The number of ether oxygens (including phenoxy) is 1. The molecule has 114 valence electrons. The van der Waals surface area contributed by atoms with E-state index in [4.69, 9.17) is 16.3 Å². The molecule has 0 saturated carbocycles. The Morgan fingerprint density at radius 3 is 2.67 bits per heavy atom. The van der Waals surface area contributed by atoms with Gasteiger partial charge < -0.3 is 4.74 Å². The van der Waals surface area contributed by atoms with Gasteiger partial charge in [0.05, 0.1) is 16.3 Å². The van der Waals surface area contributed by atoms with Crippen molar-refractivity contribution in [2.24, 2.45) is 0 Å². The molecular formula is C13H13BrClNO3S2. The number of benzene rings is 1. The minimum Gasteiger partial charge on any atom is -0.494 e. The lowest BCUT2D eigenvalue weighted by Crippen LogP contribution is -2.11. The third-order valence-electron chi connectivity index (χ3n) is 2.57. The second kappa shape index (κ2) is 7.00. The number of sulfonamides is 1. The standard InChI is InChI=1S/C13H13BrClNO3S2/c1-2-19-11-4-3-10(7-9(11)8-15)16-21(17,18)13-6-5-12(14)20-13/h3-7,16H,2,8H2,1H3. The monoisotopic (exact) mass is 409 g/mol. The van der Waals surface area contributed by atoms with Gasteiger partial charge in [0.15, 0.2) is 0 Å². The number of halogens is 2. The van der Waals surface area contributed by atoms with Crippen molar-refractivity contribution in [2.45, 2.75) is 17.0 Å². The van der Waals surface area contributed by atoms with Crippen LogP contribution in [0.4, 0.5) is 5.69 Å². The summed E-state index contributed by atoms with van der Waals surface area (Å²) in [5.74, 6) is 0.907. The predicted octanol–water partition coefficient (Wildman–Crippen LogP) is 4.45. The lowest BCUT2D eigenvalue weighted by atomic mass is 10.2. The van der Waals surface area contributed by atoms with E-state index >= 15 is 0 Å². The summed E-state index contributed by atoms with van der Waals surface area (Å²) < 4.78 is 33.5. The van der Waals surface area contributed by atoms with E-state index in [0.29, 0.717) is 18.0 Å². The zero-order valence-corrected chi connectivity index (χ0v) is 15.1. The van der Waals surface area contributed by atoms with E-state index in [1.165, 1.54) is 0 Å². The topological polar surface area (TPSA) is 55.4 Å². The number of anilines is 1. The first-order chi connectivity index (χ1) is 9.96. The summed E-state index contributed by atoms with van der Waals surface area (Å²) in [4.78, 5) is 0. The van der Waals surface area contributed by atoms with Gasteiger partial charge in [-0.25, -0.2) is 8.42 Å². The first-order valence-electron chi connectivity index (χ1n) is 6.06. The lowest BCUT2D eigenvalue weighted by molar-refractivity contribution is 0.337. The van der Waals surface area contributed by atoms with E-state index in [1.54, 1.807) is 30.3 Å². The molecule has 0 radical (unpaired) electrons. The van der Waals surface area contributed by atoms with Crippen LogP contribution in [0.1, 0.15) is 12.5 Å². The normalized spacial score (nSPS) is 11.4. The second-order valence-corrected chi connectivity index (χ2v) is 8.69. The SMILES string of the molecule is CCOc1ccc(NS(=O)(=O)c2ccc(Br)s2)cc1CCl. The largest absolute Gasteiger partial charge is 0.494 e. The number of nitrogens with one attached hydrogen (secondary N) is 1. The summed E-state index contributed by atoms with van der Waals surface area (Å²) in [6.07, 6.45) is 0. The molecular weight excluding hydrogens is 398 g/mol. The molecule has 0 unspecified atom stereocenters. The van der Waals surface area contributed by atoms with Gasteiger partial charge in [0.1, 0.15) is 9.96 Å². The van der Waals surface area contributed by atoms with Crippen molar-refractivity contribution in [1.82, 2.24) is 0 Å². The molecule has 1 aromatic carbocycles. The van der Waals surface area contributed by atoms with Crippen LogP contribution in [0.2, 0.25) is 0 Å². The molecule has 2 aromatic rings. The average Bonchev–Trinajstić information content (AvgIpc) is 2.88. The first-order valence-corrected chi connectivity index (χ1v) is 9.69. The fourth-order valence-corrected chi connectivity index (χ4v) is 4.96. The summed E-state index contributed by atoms with van der Waals surface area (Å²) >= 11 is 10.3. The molecule has 1 heterocycles. The predicted molar refractivity (Wildman–Crippen MR) is 90.0 cm³/mol. The van der Waals surface area contributed by atoms with E-state index in [-0.39, 0.29) is 10.1 Å². The summed E-state index contributed by atoms with van der Waals surface area (Å²) in [6.45, 7) is 2.40. The van der Waals surface area contributed by atoms with Crippen LogP contribution in [0, 0.1) is 0 Å². The fourth-order valence-electron chi connectivity index (χ4n) is 1.69. The average molecular weight is 411 g/mol. The highest BCUT2D eigenvalue weighted by Crippen LogP contribution is 2.29. The van der Waals surface area contributed by atoms with E-state index in [2.05, 4.69) is 20.7 Å². The Bertz CT molecular complexity index is 731. The Morgan fingerprint density at radius 1 is 1.33 bits per heavy atom. The molecule has 0 bridgehead atoms. The molecule has 0 saturated heterocycles. The number of hydrogen-bond donors (Lipinski definition) is 1. The van der Waals surface area contributed by atoms with Crippen LogP contribution in [0.15, 0.2) is 38.3 Å². The highest BCUT2D eigenvalue weighted by Gasteiger charge is 2.17. The van der Waals surface area contributed by atoms with Gasteiger partial charge >= 0.3 is 0 Å². The zero-order valence-electron chi connectivity index (χ0n) is 11.1. The van der Waals surface area contributed by atoms with Crippen LogP contribution in [0.5, 0.6) is 5.75 Å².